The highest BCUT2D eigenvalue weighted by Crippen LogP contribution is 2.43. The minimum atomic E-state index is -4.36. The van der Waals surface area contributed by atoms with Gasteiger partial charge >= 0.3 is 7.82 Å². The fraction of sp³-hybridized carbons (Fsp3) is 0.687. The van der Waals surface area contributed by atoms with Gasteiger partial charge in [0.15, 0.2) is 0 Å². The summed E-state index contributed by atoms with van der Waals surface area (Å²) in [5.41, 5.74) is 0. The van der Waals surface area contributed by atoms with Crippen LogP contribution in [0.5, 0.6) is 0 Å². The Morgan fingerprint density at radius 3 is 1.21 bits per heavy atom. The topological polar surface area (TPSA) is 105 Å². The van der Waals surface area contributed by atoms with Gasteiger partial charge in [-0.1, -0.05) is 257 Å². The highest BCUT2D eigenvalue weighted by molar-refractivity contribution is 7.47. The van der Waals surface area contributed by atoms with Crippen molar-refractivity contribution < 1.29 is 32.9 Å². The molecule has 3 unspecified atom stereocenters. The molecule has 0 saturated carbocycles. The van der Waals surface area contributed by atoms with E-state index in [-0.39, 0.29) is 19.1 Å². The molecular weight excluding hydrogens is 960 g/mol. The Balaban J connectivity index is 4.04. The second-order valence-electron chi connectivity index (χ2n) is 21.7. The van der Waals surface area contributed by atoms with Crippen molar-refractivity contribution in [3.05, 3.63) is 122 Å². The number of aliphatic hydroxyl groups is 1. The number of hydrogen-bond donors (Lipinski definition) is 3. The van der Waals surface area contributed by atoms with Gasteiger partial charge in [-0.3, -0.25) is 13.8 Å². The molecular formula is C67H118N2O6P+. The number of phosphoric ester groups is 1. The van der Waals surface area contributed by atoms with E-state index >= 15 is 0 Å². The number of phosphoric acid groups is 1. The van der Waals surface area contributed by atoms with Gasteiger partial charge in [0.25, 0.3) is 0 Å². The number of allylic oxidation sites excluding steroid dienone is 19. The summed E-state index contributed by atoms with van der Waals surface area (Å²) in [6.45, 7) is 4.65. The number of likely N-dealkylation sites (N-methyl/N-ethyl adjacent to an activating group) is 1. The lowest BCUT2D eigenvalue weighted by molar-refractivity contribution is -0.870. The number of amides is 1. The van der Waals surface area contributed by atoms with E-state index < -0.39 is 20.0 Å². The lowest BCUT2D eigenvalue weighted by atomic mass is 10.0. The van der Waals surface area contributed by atoms with Crippen LogP contribution in [0.2, 0.25) is 0 Å². The van der Waals surface area contributed by atoms with Crippen LogP contribution in [0.3, 0.4) is 0 Å². The SMILES string of the molecule is CC/C=C\C/C=C\C/C=C\C/C=C\C/C=C\C/C=C\C/C=C\CCCCCCCCCCCCCCCCCCCC(=O)NC(COP(=O)(O)OCC[N+](C)(C)C)C(O)/C=C/CC/C=C/CC/C=C/CCCCCCC. The summed E-state index contributed by atoms with van der Waals surface area (Å²) >= 11 is 0. The molecule has 0 spiro atoms. The summed E-state index contributed by atoms with van der Waals surface area (Å²) in [5.74, 6) is -0.194. The third kappa shape index (κ3) is 58.6. The van der Waals surface area contributed by atoms with E-state index in [4.69, 9.17) is 9.05 Å². The fourth-order valence-corrected chi connectivity index (χ4v) is 9.08. The van der Waals surface area contributed by atoms with E-state index in [0.717, 1.165) is 89.9 Å². The summed E-state index contributed by atoms with van der Waals surface area (Å²) in [4.78, 5) is 23.3. The summed E-state index contributed by atoms with van der Waals surface area (Å²) in [6, 6.07) is -0.875. The number of hydrogen-bond acceptors (Lipinski definition) is 5. The van der Waals surface area contributed by atoms with Crippen LogP contribution in [0, 0.1) is 0 Å². The van der Waals surface area contributed by atoms with E-state index in [9.17, 15) is 19.4 Å². The number of rotatable bonds is 55. The quantitative estimate of drug-likeness (QED) is 0.0243. The van der Waals surface area contributed by atoms with Crippen molar-refractivity contribution in [2.75, 3.05) is 40.9 Å². The van der Waals surface area contributed by atoms with Gasteiger partial charge in [-0.25, -0.2) is 4.57 Å². The molecule has 0 heterocycles. The van der Waals surface area contributed by atoms with Crippen LogP contribution in [-0.4, -0.2) is 73.4 Å². The lowest BCUT2D eigenvalue weighted by Gasteiger charge is -2.25. The molecule has 0 fully saturated rings. The van der Waals surface area contributed by atoms with E-state index in [1.807, 2.05) is 27.2 Å². The summed E-state index contributed by atoms with van der Waals surface area (Å²) in [5, 5.41) is 13.9. The summed E-state index contributed by atoms with van der Waals surface area (Å²) in [6.07, 6.45) is 84.7. The highest BCUT2D eigenvalue weighted by atomic mass is 31.2. The number of aliphatic hydroxyl groups excluding tert-OH is 1. The van der Waals surface area contributed by atoms with Crippen LogP contribution in [0.1, 0.15) is 245 Å². The normalized spacial score (nSPS) is 14.7. The number of unbranched alkanes of at least 4 members (excludes halogenated alkanes) is 24. The van der Waals surface area contributed by atoms with Crippen LogP contribution < -0.4 is 5.32 Å². The van der Waals surface area contributed by atoms with Crippen molar-refractivity contribution in [2.24, 2.45) is 0 Å². The van der Waals surface area contributed by atoms with E-state index in [0.29, 0.717) is 17.4 Å². The van der Waals surface area contributed by atoms with E-state index in [2.05, 4.69) is 129 Å². The van der Waals surface area contributed by atoms with E-state index in [1.165, 1.54) is 135 Å². The minimum absolute atomic E-state index is 0.0496. The molecule has 0 aliphatic rings. The zero-order valence-electron chi connectivity index (χ0n) is 49.7. The Kier molecular flexibility index (Phi) is 54.3. The molecule has 0 aliphatic carbocycles. The Hall–Kier alpha value is -3.10. The van der Waals surface area contributed by atoms with Crippen LogP contribution in [0.15, 0.2) is 122 Å². The van der Waals surface area contributed by atoms with Gasteiger partial charge < -0.3 is 19.8 Å². The molecule has 0 rings (SSSR count). The predicted molar refractivity (Wildman–Crippen MR) is 332 cm³/mol. The van der Waals surface area contributed by atoms with Crippen LogP contribution in [0.4, 0.5) is 0 Å². The Morgan fingerprint density at radius 2 is 0.803 bits per heavy atom. The van der Waals surface area contributed by atoms with Gasteiger partial charge in [0, 0.05) is 6.42 Å². The summed E-state index contributed by atoms with van der Waals surface area (Å²) < 4.78 is 23.7. The second-order valence-corrected chi connectivity index (χ2v) is 23.1. The number of carbonyl (C=O) groups excluding carboxylic acids is 1. The third-order valence-electron chi connectivity index (χ3n) is 13.1. The number of carbonyl (C=O) groups is 1. The molecule has 0 aromatic heterocycles. The predicted octanol–water partition coefficient (Wildman–Crippen LogP) is 19.3. The molecule has 436 valence electrons. The van der Waals surface area contributed by atoms with Gasteiger partial charge in [0.1, 0.15) is 13.2 Å². The number of quaternary nitrogens is 1. The molecule has 0 aromatic rings. The van der Waals surface area contributed by atoms with Crippen molar-refractivity contribution in [1.82, 2.24) is 5.32 Å². The van der Waals surface area contributed by atoms with Gasteiger partial charge in [-0.2, -0.15) is 0 Å². The molecule has 0 saturated heterocycles. The van der Waals surface area contributed by atoms with Crippen LogP contribution in [0.25, 0.3) is 0 Å². The molecule has 8 nitrogen and oxygen atoms in total. The largest absolute Gasteiger partial charge is 0.472 e. The van der Waals surface area contributed by atoms with E-state index in [1.54, 1.807) is 6.08 Å². The van der Waals surface area contributed by atoms with Crippen molar-refractivity contribution in [3.63, 3.8) is 0 Å². The first kappa shape index (κ1) is 72.9. The molecule has 1 amide bonds. The Morgan fingerprint density at radius 1 is 0.461 bits per heavy atom. The van der Waals surface area contributed by atoms with Crippen molar-refractivity contribution in [2.45, 2.75) is 257 Å². The lowest BCUT2D eigenvalue weighted by Crippen LogP contribution is -2.45. The molecule has 9 heteroatoms. The Bertz CT molecular complexity index is 1650. The van der Waals surface area contributed by atoms with Gasteiger partial charge in [-0.15, -0.1) is 0 Å². The smallest absolute Gasteiger partial charge is 0.387 e. The Labute approximate surface area is 469 Å². The zero-order valence-corrected chi connectivity index (χ0v) is 50.6. The first-order valence-corrected chi connectivity index (χ1v) is 32.4. The molecule has 0 radical (unpaired) electrons. The zero-order chi connectivity index (χ0) is 55.6. The maximum atomic E-state index is 13.0. The molecule has 76 heavy (non-hydrogen) atoms. The van der Waals surface area contributed by atoms with Crippen molar-refractivity contribution in [3.8, 4) is 0 Å². The molecule has 0 aliphatic heterocycles. The van der Waals surface area contributed by atoms with Gasteiger partial charge in [-0.05, 0) is 103 Å². The van der Waals surface area contributed by atoms with Gasteiger partial charge in [0.2, 0.25) is 5.91 Å². The summed E-state index contributed by atoms with van der Waals surface area (Å²) in [7, 11) is 1.54. The molecule has 3 N–H and O–H groups in total. The van der Waals surface area contributed by atoms with Gasteiger partial charge in [0.05, 0.1) is 39.9 Å². The first-order valence-electron chi connectivity index (χ1n) is 30.9. The highest BCUT2D eigenvalue weighted by Gasteiger charge is 2.27. The maximum absolute atomic E-state index is 13.0. The molecule has 0 aromatic carbocycles. The van der Waals surface area contributed by atoms with Crippen LogP contribution in [-0.2, 0) is 18.4 Å². The second kappa shape index (κ2) is 56.6. The third-order valence-corrected chi connectivity index (χ3v) is 14.1. The average molecular weight is 1080 g/mol. The molecule has 3 atom stereocenters. The standard InChI is InChI=1S/C67H117N2O6P/c1-6-8-10-12-14-16-18-20-22-23-24-25-26-27-28-29-30-31-32-33-34-35-36-37-38-39-40-41-42-43-44-45-47-49-51-53-55-57-59-61-67(71)68-65(64-75-76(72,73)74-63-62-69(3,4)5)66(70)60-58-56-54-52-50-48-46-21-19-17-15-13-11-9-7-2/h8,10,14,16,19-22,24-25,27-28,30-31,33-34,50,52,58,60,65-66,70H,6-7,9,11-13,15,17-18,23,26,29,32,35-49,51,53-57,59,61-64H2,1-5H3,(H-,68,71,72,73)/p+1/b10-8-,16-14-,21-19+,22-20-,25-24-,28-27-,31-30-,34-33-,52-50+,60-58+. The van der Waals surface area contributed by atoms with Crippen molar-refractivity contribution in [1.29, 1.82) is 0 Å². The average Bonchev–Trinajstić information content (AvgIpc) is 3.38. The van der Waals surface area contributed by atoms with Crippen LogP contribution >= 0.6 is 7.82 Å². The first-order chi connectivity index (χ1) is 37.0. The fourth-order valence-electron chi connectivity index (χ4n) is 8.35. The monoisotopic (exact) mass is 1080 g/mol. The minimum Gasteiger partial charge on any atom is -0.387 e. The maximum Gasteiger partial charge on any atom is 0.472 e. The van der Waals surface area contributed by atoms with Crippen molar-refractivity contribution >= 4 is 13.7 Å². The number of nitrogens with one attached hydrogen (secondary N) is 1. The number of nitrogens with zero attached hydrogens (tertiary/aromatic N) is 1. The molecule has 0 bridgehead atoms.